The molecule has 1 aromatic rings. The van der Waals surface area contributed by atoms with Gasteiger partial charge in [0.2, 0.25) is 0 Å². The summed E-state index contributed by atoms with van der Waals surface area (Å²) in [5, 5.41) is -0.620. The van der Waals surface area contributed by atoms with Gasteiger partial charge in [-0.3, -0.25) is 13.6 Å². The van der Waals surface area contributed by atoms with Crippen molar-refractivity contribution >= 4 is 24.2 Å². The van der Waals surface area contributed by atoms with E-state index in [1.165, 1.54) is 0 Å². The summed E-state index contributed by atoms with van der Waals surface area (Å²) in [4.78, 5) is 0. The second-order valence-electron chi connectivity index (χ2n) is 9.27. The average molecular weight is 481 g/mol. The van der Waals surface area contributed by atoms with Crippen LogP contribution in [0.25, 0.3) is 0 Å². The minimum atomic E-state index is -3.83. The summed E-state index contributed by atoms with van der Waals surface area (Å²) >= 11 is 0. The zero-order valence-electron chi connectivity index (χ0n) is 20.4. The molecule has 0 heterocycles. The van der Waals surface area contributed by atoms with E-state index in [-0.39, 0.29) is 13.2 Å². The van der Waals surface area contributed by atoms with Gasteiger partial charge >= 0.3 is 7.82 Å². The molecule has 0 aromatic heterocycles. The fourth-order valence-electron chi connectivity index (χ4n) is 2.74. The molecule has 172 valence electrons. The first-order valence-corrected chi connectivity index (χ1v) is 18.9. The average Bonchev–Trinajstić information content (AvgIpc) is 2.63. The van der Waals surface area contributed by atoms with Crippen molar-refractivity contribution in [2.24, 2.45) is 0 Å². The first-order valence-electron chi connectivity index (χ1n) is 10.6. The van der Waals surface area contributed by atoms with Crippen molar-refractivity contribution in [2.45, 2.75) is 71.4 Å². The maximum atomic E-state index is 13.1. The molecule has 0 saturated carbocycles. The predicted molar refractivity (Wildman–Crippen MR) is 133 cm³/mol. The second kappa shape index (κ2) is 11.1. The summed E-state index contributed by atoms with van der Waals surface area (Å²) in [6.45, 7) is 19.0. The van der Waals surface area contributed by atoms with Crippen LogP contribution in [0.3, 0.4) is 0 Å². The first kappa shape index (κ1) is 27.9. The molecule has 0 aliphatic carbocycles. The number of hydrogen-bond acceptors (Lipinski definition) is 5. The third-order valence-electron chi connectivity index (χ3n) is 4.59. The van der Waals surface area contributed by atoms with Crippen LogP contribution < -0.4 is 0 Å². The minimum absolute atomic E-state index is 0.180. The lowest BCUT2D eigenvalue weighted by Gasteiger charge is -2.41. The van der Waals surface area contributed by atoms with Gasteiger partial charge in [-0.15, -0.1) is 6.42 Å². The van der Waals surface area contributed by atoms with Crippen molar-refractivity contribution in [2.75, 3.05) is 13.2 Å². The number of terminal acetylenes is 1. The van der Waals surface area contributed by atoms with Gasteiger partial charge in [0.25, 0.3) is 0 Å². The summed E-state index contributed by atoms with van der Waals surface area (Å²) in [6.07, 6.45) is 4.81. The molecule has 0 saturated heterocycles. The maximum absolute atomic E-state index is 13.1. The molecule has 8 heteroatoms. The van der Waals surface area contributed by atoms with Gasteiger partial charge in [-0.05, 0) is 46.5 Å². The Kier molecular flexibility index (Phi) is 10.00. The summed E-state index contributed by atoms with van der Waals surface area (Å²) < 4.78 is 36.3. The number of phosphoric acid groups is 1. The third-order valence-corrected chi connectivity index (χ3v) is 10.5. The number of rotatable bonds is 10. The van der Waals surface area contributed by atoms with E-state index in [2.05, 4.69) is 57.0 Å². The fourth-order valence-corrected chi connectivity index (χ4v) is 7.86. The smallest absolute Gasteiger partial charge is 0.405 e. The van der Waals surface area contributed by atoms with Crippen LogP contribution in [0.4, 0.5) is 0 Å². The molecule has 0 fully saturated rings. The van der Waals surface area contributed by atoms with Gasteiger partial charge in [-0.25, -0.2) is 4.57 Å². The topological polar surface area (TPSA) is 54.0 Å². The second-order valence-corrected chi connectivity index (χ2v) is 20.8. The molecule has 2 atom stereocenters. The molecular formula is C23H37O5PSi2. The largest absolute Gasteiger partial charge is 0.476 e. The Balaban J connectivity index is 3.59. The lowest BCUT2D eigenvalue weighted by Crippen LogP contribution is -2.55. The van der Waals surface area contributed by atoms with E-state index in [1.54, 1.807) is 19.9 Å². The lowest BCUT2D eigenvalue weighted by atomic mass is 10.0. The van der Waals surface area contributed by atoms with Gasteiger partial charge < -0.3 is 4.43 Å². The van der Waals surface area contributed by atoms with Gasteiger partial charge in [0.1, 0.15) is 5.22 Å². The molecule has 0 N–H and O–H groups in total. The van der Waals surface area contributed by atoms with Gasteiger partial charge in [-0.2, -0.15) is 0 Å². The highest BCUT2D eigenvalue weighted by Crippen LogP contribution is 2.53. The van der Waals surface area contributed by atoms with E-state index in [0.29, 0.717) is 11.1 Å². The Morgan fingerprint density at radius 3 is 2.06 bits per heavy atom. The van der Waals surface area contributed by atoms with Gasteiger partial charge in [-0.1, -0.05) is 55.6 Å². The van der Waals surface area contributed by atoms with Crippen LogP contribution in [0, 0.1) is 24.2 Å². The van der Waals surface area contributed by atoms with Crippen LogP contribution in [-0.4, -0.2) is 34.8 Å². The van der Waals surface area contributed by atoms with Crippen LogP contribution in [0.5, 0.6) is 0 Å². The molecule has 31 heavy (non-hydrogen) atoms. The van der Waals surface area contributed by atoms with Crippen molar-refractivity contribution in [1.29, 1.82) is 0 Å². The van der Waals surface area contributed by atoms with E-state index in [9.17, 15) is 4.57 Å². The Morgan fingerprint density at radius 2 is 1.61 bits per heavy atom. The van der Waals surface area contributed by atoms with E-state index >= 15 is 0 Å². The Labute approximate surface area is 191 Å². The summed E-state index contributed by atoms with van der Waals surface area (Å²) in [5.74, 6) is 9.19. The molecule has 0 spiro atoms. The van der Waals surface area contributed by atoms with E-state index in [1.807, 2.05) is 25.1 Å². The van der Waals surface area contributed by atoms with E-state index < -0.39 is 35.5 Å². The van der Waals surface area contributed by atoms with Crippen LogP contribution in [0.1, 0.15) is 38.0 Å². The summed E-state index contributed by atoms with van der Waals surface area (Å²) in [7, 11) is -7.60. The molecule has 0 bridgehead atoms. The van der Waals surface area contributed by atoms with Crippen molar-refractivity contribution in [3.63, 3.8) is 0 Å². The first-order chi connectivity index (χ1) is 14.2. The van der Waals surface area contributed by atoms with Crippen molar-refractivity contribution in [3.8, 4) is 24.2 Å². The lowest BCUT2D eigenvalue weighted by molar-refractivity contribution is 0.103. The standard InChI is InChI=1S/C23H37O5PSi2/c1-11-20-16-14-15-17-21(20)22(27-29(24,25-12-2)26-13-3)18-19-23(4,30(5,6)7)28-31(8,9)10/h1,14-17,22H,12-13H2,2-10H3. The van der Waals surface area contributed by atoms with Crippen LogP contribution in [-0.2, 0) is 22.6 Å². The quantitative estimate of drug-likeness (QED) is 0.220. The predicted octanol–water partition coefficient (Wildman–Crippen LogP) is 6.40. The Morgan fingerprint density at radius 1 is 1.06 bits per heavy atom. The van der Waals surface area contributed by atoms with Crippen molar-refractivity contribution in [1.82, 2.24) is 0 Å². The monoisotopic (exact) mass is 480 g/mol. The van der Waals surface area contributed by atoms with Gasteiger partial charge in [0.05, 0.1) is 21.3 Å². The molecule has 2 unspecified atom stereocenters. The maximum Gasteiger partial charge on any atom is 0.476 e. The fraction of sp³-hybridized carbons (Fsp3) is 0.565. The Bertz CT molecular complexity index is 876. The van der Waals surface area contributed by atoms with Crippen molar-refractivity contribution < 1.29 is 22.6 Å². The van der Waals surface area contributed by atoms with Crippen molar-refractivity contribution in [3.05, 3.63) is 35.4 Å². The highest BCUT2D eigenvalue weighted by atomic mass is 31.2. The third kappa shape index (κ3) is 8.37. The van der Waals surface area contributed by atoms with Crippen LogP contribution in [0.15, 0.2) is 24.3 Å². The molecule has 1 rings (SSSR count). The number of hydrogen-bond donors (Lipinski definition) is 0. The van der Waals surface area contributed by atoms with E-state index in [0.717, 1.165) is 0 Å². The molecule has 1 aromatic carbocycles. The molecule has 0 aliphatic heterocycles. The van der Waals surface area contributed by atoms with Gasteiger partial charge in [0, 0.05) is 11.1 Å². The molecule has 5 nitrogen and oxygen atoms in total. The molecule has 0 amide bonds. The highest BCUT2D eigenvalue weighted by Gasteiger charge is 2.42. The van der Waals surface area contributed by atoms with Crippen LogP contribution >= 0.6 is 7.82 Å². The van der Waals surface area contributed by atoms with Crippen LogP contribution in [0.2, 0.25) is 39.3 Å². The van der Waals surface area contributed by atoms with E-state index in [4.69, 9.17) is 24.4 Å². The zero-order valence-corrected chi connectivity index (χ0v) is 23.3. The Hall–Kier alpha value is -1.16. The molecule has 0 radical (unpaired) electrons. The minimum Gasteiger partial charge on any atom is -0.405 e. The zero-order chi connectivity index (χ0) is 23.9. The molecule has 0 aliphatic rings. The summed E-state index contributed by atoms with van der Waals surface area (Å²) in [6, 6.07) is 7.31. The highest BCUT2D eigenvalue weighted by molar-refractivity contribution is 7.48. The number of benzene rings is 1. The normalized spacial score (nSPS) is 15.4. The number of phosphoric ester groups is 1. The summed E-state index contributed by atoms with van der Waals surface area (Å²) in [5.41, 5.74) is 1.25. The molecular weight excluding hydrogens is 443 g/mol. The SMILES string of the molecule is C#Cc1ccccc1C(C#CC(C)(O[Si](C)(C)C)[Si](C)(C)C)OP(=O)(OCC)OCC. The van der Waals surface area contributed by atoms with Gasteiger partial charge in [0.15, 0.2) is 14.4 Å².